The minimum atomic E-state index is -2.81. The third-order valence-corrected chi connectivity index (χ3v) is 2.49. The van der Waals surface area contributed by atoms with Gasteiger partial charge >= 0.3 is 5.69 Å². The molecule has 5 nitrogen and oxygen atoms in total. The predicted octanol–water partition coefficient (Wildman–Crippen LogP) is 1.99. The minimum absolute atomic E-state index is 0.0139. The number of halogens is 3. The third kappa shape index (κ3) is 2.56. The van der Waals surface area contributed by atoms with Crippen molar-refractivity contribution in [3.63, 3.8) is 0 Å². The molecular formula is C7H6F2IN3O2. The molecule has 0 saturated carbocycles. The van der Waals surface area contributed by atoms with Crippen molar-refractivity contribution in [3.8, 4) is 0 Å². The molecular weight excluding hydrogens is 323 g/mol. The molecule has 0 bridgehead atoms. The third-order valence-electron chi connectivity index (χ3n) is 1.70. The second-order valence-corrected chi connectivity index (χ2v) is 3.62. The first-order valence-electron chi connectivity index (χ1n) is 3.79. The summed E-state index contributed by atoms with van der Waals surface area (Å²) in [6, 6.07) is 0.821. The van der Waals surface area contributed by atoms with Gasteiger partial charge < -0.3 is 5.73 Å². The van der Waals surface area contributed by atoms with Gasteiger partial charge in [-0.2, -0.15) is 0 Å². The zero-order valence-corrected chi connectivity index (χ0v) is 9.44. The van der Waals surface area contributed by atoms with Gasteiger partial charge in [-0.25, -0.2) is 13.8 Å². The molecule has 0 aliphatic rings. The van der Waals surface area contributed by atoms with Crippen LogP contribution in [0.15, 0.2) is 6.07 Å². The van der Waals surface area contributed by atoms with Crippen molar-refractivity contribution in [1.29, 1.82) is 0 Å². The van der Waals surface area contributed by atoms with Gasteiger partial charge in [0.2, 0.25) is 0 Å². The number of pyridine rings is 1. The van der Waals surface area contributed by atoms with Gasteiger partial charge in [0.25, 0.3) is 6.43 Å². The van der Waals surface area contributed by atoms with E-state index in [4.69, 9.17) is 5.73 Å². The lowest BCUT2D eigenvalue weighted by molar-refractivity contribution is -0.386. The average Bonchev–Trinajstić information content (AvgIpc) is 2.16. The van der Waals surface area contributed by atoms with Gasteiger partial charge in [-0.05, 0) is 22.6 Å². The van der Waals surface area contributed by atoms with Crippen LogP contribution in [0.25, 0.3) is 0 Å². The van der Waals surface area contributed by atoms with Crippen LogP contribution in [0.5, 0.6) is 0 Å². The summed E-state index contributed by atoms with van der Waals surface area (Å²) in [5.41, 5.74) is 4.29. The number of hydrogen-bond donors (Lipinski definition) is 1. The number of hydrogen-bond acceptors (Lipinski definition) is 4. The summed E-state index contributed by atoms with van der Waals surface area (Å²) in [4.78, 5) is 13.4. The molecule has 1 aromatic heterocycles. The Hall–Kier alpha value is -0.900. The summed E-state index contributed by atoms with van der Waals surface area (Å²) < 4.78 is 25.0. The van der Waals surface area contributed by atoms with E-state index in [1.165, 1.54) is 0 Å². The van der Waals surface area contributed by atoms with Crippen molar-refractivity contribution in [1.82, 2.24) is 4.98 Å². The summed E-state index contributed by atoms with van der Waals surface area (Å²) >= 11 is 1.61. The molecule has 0 aliphatic carbocycles. The molecule has 1 rings (SSSR count). The van der Waals surface area contributed by atoms with Gasteiger partial charge in [0.1, 0.15) is 0 Å². The highest BCUT2D eigenvalue weighted by Crippen LogP contribution is 2.28. The minimum Gasteiger partial charge on any atom is -0.325 e. The molecule has 0 spiro atoms. The molecule has 15 heavy (non-hydrogen) atoms. The van der Waals surface area contributed by atoms with Crippen LogP contribution in [-0.4, -0.2) is 9.91 Å². The Balaban J connectivity index is 3.37. The van der Waals surface area contributed by atoms with Crippen LogP contribution in [0.1, 0.15) is 17.7 Å². The quantitative estimate of drug-likeness (QED) is 0.398. The molecule has 8 heteroatoms. The molecule has 0 amide bonds. The molecule has 2 N–H and O–H groups in total. The second-order valence-electron chi connectivity index (χ2n) is 2.60. The summed E-state index contributed by atoms with van der Waals surface area (Å²) in [5.74, 6) is 0. The summed E-state index contributed by atoms with van der Waals surface area (Å²) in [6.07, 6.45) is -2.81. The summed E-state index contributed by atoms with van der Waals surface area (Å²) in [6.45, 7) is -0.173. The van der Waals surface area contributed by atoms with E-state index in [0.29, 0.717) is 0 Å². The van der Waals surface area contributed by atoms with Gasteiger partial charge in [-0.3, -0.25) is 10.1 Å². The molecule has 0 fully saturated rings. The van der Waals surface area contributed by atoms with Crippen LogP contribution >= 0.6 is 22.6 Å². The maximum Gasteiger partial charge on any atom is 0.301 e. The lowest BCUT2D eigenvalue weighted by Crippen LogP contribution is -2.08. The normalized spacial score (nSPS) is 10.7. The maximum absolute atomic E-state index is 12.5. The molecule has 0 unspecified atom stereocenters. The van der Waals surface area contributed by atoms with Gasteiger partial charge in [-0.1, -0.05) is 0 Å². The highest BCUT2D eigenvalue weighted by molar-refractivity contribution is 14.1. The smallest absolute Gasteiger partial charge is 0.301 e. The van der Waals surface area contributed by atoms with Crippen LogP contribution in [0.2, 0.25) is 0 Å². The SMILES string of the molecule is NCc1nc(I)c([N+](=O)[O-])cc1C(F)F. The largest absolute Gasteiger partial charge is 0.325 e. The van der Waals surface area contributed by atoms with E-state index in [1.807, 2.05) is 0 Å². The molecule has 0 radical (unpaired) electrons. The zero-order chi connectivity index (χ0) is 11.6. The van der Waals surface area contributed by atoms with Crippen molar-refractivity contribution in [2.45, 2.75) is 13.0 Å². The van der Waals surface area contributed by atoms with E-state index in [-0.39, 0.29) is 15.9 Å². The number of nitrogens with zero attached hydrogens (tertiary/aromatic N) is 2. The standard InChI is InChI=1S/C7H6F2IN3O2/c8-6(9)3-1-5(13(14)15)7(10)12-4(3)2-11/h1,6H,2,11H2. The van der Waals surface area contributed by atoms with Crippen molar-refractivity contribution in [3.05, 3.63) is 31.1 Å². The van der Waals surface area contributed by atoms with Crippen LogP contribution in [0, 0.1) is 13.8 Å². The molecule has 0 aromatic carbocycles. The molecule has 1 aromatic rings. The zero-order valence-electron chi connectivity index (χ0n) is 7.28. The van der Waals surface area contributed by atoms with Crippen molar-refractivity contribution < 1.29 is 13.7 Å². The Bertz CT molecular complexity index is 400. The first kappa shape index (κ1) is 12.2. The predicted molar refractivity (Wildman–Crippen MR) is 56.5 cm³/mol. The monoisotopic (exact) mass is 329 g/mol. The van der Waals surface area contributed by atoms with Crippen LogP contribution in [0.3, 0.4) is 0 Å². The van der Waals surface area contributed by atoms with E-state index in [9.17, 15) is 18.9 Å². The van der Waals surface area contributed by atoms with Crippen LogP contribution in [-0.2, 0) is 6.54 Å². The Morgan fingerprint density at radius 1 is 1.67 bits per heavy atom. The van der Waals surface area contributed by atoms with Crippen molar-refractivity contribution >= 4 is 28.3 Å². The summed E-state index contributed by atoms with van der Waals surface area (Å²) in [7, 11) is 0. The fourth-order valence-electron chi connectivity index (χ4n) is 1.01. The average molecular weight is 329 g/mol. The van der Waals surface area contributed by atoms with Gasteiger partial charge in [0, 0.05) is 18.2 Å². The molecule has 1 heterocycles. The Labute approximate surface area is 97.0 Å². The lowest BCUT2D eigenvalue weighted by atomic mass is 10.2. The van der Waals surface area contributed by atoms with E-state index in [2.05, 4.69) is 4.98 Å². The Kier molecular flexibility index (Phi) is 3.85. The highest BCUT2D eigenvalue weighted by Gasteiger charge is 2.22. The molecule has 0 aliphatic heterocycles. The first-order chi connectivity index (χ1) is 6.97. The van der Waals surface area contributed by atoms with E-state index in [1.54, 1.807) is 22.6 Å². The van der Waals surface area contributed by atoms with E-state index < -0.39 is 22.6 Å². The number of rotatable bonds is 3. The number of nitrogens with two attached hydrogens (primary N) is 1. The van der Waals surface area contributed by atoms with E-state index in [0.717, 1.165) is 6.07 Å². The number of nitro groups is 1. The van der Waals surface area contributed by atoms with Crippen molar-refractivity contribution in [2.75, 3.05) is 0 Å². The van der Waals surface area contributed by atoms with Gasteiger partial charge in [0.05, 0.1) is 10.6 Å². The fraction of sp³-hybridized carbons (Fsp3) is 0.286. The van der Waals surface area contributed by atoms with Gasteiger partial charge in [0.15, 0.2) is 3.70 Å². The highest BCUT2D eigenvalue weighted by atomic mass is 127. The molecule has 0 atom stereocenters. The maximum atomic E-state index is 12.5. The number of alkyl halides is 2. The van der Waals surface area contributed by atoms with Crippen LogP contribution in [0.4, 0.5) is 14.5 Å². The summed E-state index contributed by atoms with van der Waals surface area (Å²) in [5, 5.41) is 10.5. The molecule has 0 saturated heterocycles. The second kappa shape index (κ2) is 4.75. The Morgan fingerprint density at radius 3 is 2.67 bits per heavy atom. The number of aromatic nitrogens is 1. The topological polar surface area (TPSA) is 82.0 Å². The molecule has 82 valence electrons. The van der Waals surface area contributed by atoms with Crippen LogP contribution < -0.4 is 5.73 Å². The van der Waals surface area contributed by atoms with Crippen molar-refractivity contribution in [2.24, 2.45) is 5.73 Å². The van der Waals surface area contributed by atoms with Gasteiger partial charge in [-0.15, -0.1) is 0 Å². The first-order valence-corrected chi connectivity index (χ1v) is 4.87. The van der Waals surface area contributed by atoms with E-state index >= 15 is 0 Å². The fourth-order valence-corrected chi connectivity index (χ4v) is 1.65. The Morgan fingerprint density at radius 2 is 2.27 bits per heavy atom. The lowest BCUT2D eigenvalue weighted by Gasteiger charge is -2.06.